The monoisotopic (exact) mass is 375 g/mol. The van der Waals surface area contributed by atoms with Crippen LogP contribution in [0.3, 0.4) is 0 Å². The lowest BCUT2D eigenvalue weighted by Crippen LogP contribution is -2.39. The molecule has 3 aromatic rings. The van der Waals surface area contributed by atoms with Gasteiger partial charge in [-0.25, -0.2) is 4.39 Å². The van der Waals surface area contributed by atoms with Crippen LogP contribution in [0.1, 0.15) is 46.1 Å². The van der Waals surface area contributed by atoms with Gasteiger partial charge in [-0.05, 0) is 60.7 Å². The van der Waals surface area contributed by atoms with Gasteiger partial charge in [0.1, 0.15) is 11.5 Å². The lowest BCUT2D eigenvalue weighted by atomic mass is 9.93. The van der Waals surface area contributed by atoms with E-state index in [9.17, 15) is 9.18 Å². The first kappa shape index (κ1) is 18.3. The molecule has 5 heteroatoms. The molecule has 0 radical (unpaired) electrons. The molecule has 1 aliphatic heterocycles. The van der Waals surface area contributed by atoms with E-state index >= 15 is 0 Å². The van der Waals surface area contributed by atoms with Crippen molar-refractivity contribution in [2.45, 2.75) is 25.2 Å². The molecule has 4 nitrogen and oxygen atoms in total. The highest BCUT2D eigenvalue weighted by Crippen LogP contribution is 2.26. The number of piperidine rings is 1. The normalized spacial score (nSPS) is 16.8. The van der Waals surface area contributed by atoms with Crippen molar-refractivity contribution in [2.75, 3.05) is 13.1 Å². The molecular formula is C23H22FN3O. The zero-order valence-electron chi connectivity index (χ0n) is 15.6. The smallest absolute Gasteiger partial charge is 0.272 e. The van der Waals surface area contributed by atoms with Crippen molar-refractivity contribution < 1.29 is 9.18 Å². The summed E-state index contributed by atoms with van der Waals surface area (Å²) in [5, 5.41) is 0. The van der Waals surface area contributed by atoms with E-state index in [-0.39, 0.29) is 17.6 Å². The van der Waals surface area contributed by atoms with Crippen LogP contribution in [0, 0.1) is 5.82 Å². The van der Waals surface area contributed by atoms with Crippen molar-refractivity contribution in [3.8, 4) is 0 Å². The van der Waals surface area contributed by atoms with Crippen molar-refractivity contribution in [2.24, 2.45) is 0 Å². The van der Waals surface area contributed by atoms with Gasteiger partial charge in [-0.15, -0.1) is 0 Å². The van der Waals surface area contributed by atoms with Gasteiger partial charge in [-0.2, -0.15) is 0 Å². The summed E-state index contributed by atoms with van der Waals surface area (Å²) in [6.07, 6.45) is 6.25. The van der Waals surface area contributed by atoms with E-state index in [4.69, 9.17) is 0 Å². The van der Waals surface area contributed by atoms with E-state index in [1.807, 2.05) is 23.2 Å². The maximum atomic E-state index is 13.0. The van der Waals surface area contributed by atoms with Crippen LogP contribution in [0.15, 0.2) is 67.0 Å². The molecule has 0 spiro atoms. The van der Waals surface area contributed by atoms with Crippen molar-refractivity contribution in [1.82, 2.24) is 14.9 Å². The summed E-state index contributed by atoms with van der Waals surface area (Å²) in [4.78, 5) is 23.4. The van der Waals surface area contributed by atoms with Crippen LogP contribution in [0.25, 0.3) is 0 Å². The van der Waals surface area contributed by atoms with Crippen molar-refractivity contribution in [3.05, 3.63) is 95.3 Å². The standard InChI is InChI=1S/C23H22FN3O/c24-20-9-6-17(7-10-20)14-18-8-11-21(26-15-18)19-4-3-13-27(16-19)23(28)22-5-1-2-12-25-22/h1-2,5-12,15,19H,3-4,13-14,16H2. The molecular weight excluding hydrogens is 353 g/mol. The fourth-order valence-electron chi connectivity index (χ4n) is 3.67. The van der Waals surface area contributed by atoms with Gasteiger partial charge in [0.15, 0.2) is 0 Å². The molecule has 1 atom stereocenters. The number of hydrogen-bond donors (Lipinski definition) is 0. The third kappa shape index (κ3) is 4.25. The highest BCUT2D eigenvalue weighted by molar-refractivity contribution is 5.92. The highest BCUT2D eigenvalue weighted by atomic mass is 19.1. The minimum Gasteiger partial charge on any atom is -0.337 e. The number of nitrogens with zero attached hydrogens (tertiary/aromatic N) is 3. The zero-order valence-corrected chi connectivity index (χ0v) is 15.6. The molecule has 0 saturated carbocycles. The number of amides is 1. The second-order valence-electron chi connectivity index (χ2n) is 7.20. The minimum absolute atomic E-state index is 0.0155. The molecule has 1 saturated heterocycles. The van der Waals surface area contributed by atoms with Gasteiger partial charge in [0, 0.05) is 37.1 Å². The number of hydrogen-bond acceptors (Lipinski definition) is 3. The highest BCUT2D eigenvalue weighted by Gasteiger charge is 2.26. The van der Waals surface area contributed by atoms with Crippen molar-refractivity contribution >= 4 is 5.91 Å². The third-order valence-electron chi connectivity index (χ3n) is 5.18. The Morgan fingerprint density at radius 1 is 1.04 bits per heavy atom. The van der Waals surface area contributed by atoms with Gasteiger partial charge in [0.05, 0.1) is 0 Å². The second-order valence-corrected chi connectivity index (χ2v) is 7.20. The predicted molar refractivity (Wildman–Crippen MR) is 106 cm³/mol. The summed E-state index contributed by atoms with van der Waals surface area (Å²) in [6.45, 7) is 1.42. The number of rotatable bonds is 4. The molecule has 0 N–H and O–H groups in total. The van der Waals surface area contributed by atoms with Crippen LogP contribution in [-0.4, -0.2) is 33.9 Å². The van der Waals surface area contributed by atoms with Gasteiger partial charge < -0.3 is 4.90 Å². The van der Waals surface area contributed by atoms with E-state index in [0.717, 1.165) is 42.6 Å². The first-order chi connectivity index (χ1) is 13.7. The molecule has 1 amide bonds. The summed E-state index contributed by atoms with van der Waals surface area (Å²) in [5.74, 6) is -0.00108. The van der Waals surface area contributed by atoms with Gasteiger partial charge >= 0.3 is 0 Å². The van der Waals surface area contributed by atoms with Crippen LogP contribution < -0.4 is 0 Å². The van der Waals surface area contributed by atoms with Crippen LogP contribution in [0.5, 0.6) is 0 Å². The lowest BCUT2D eigenvalue weighted by Gasteiger charge is -2.32. The first-order valence-corrected chi connectivity index (χ1v) is 9.58. The van der Waals surface area contributed by atoms with Gasteiger partial charge in [0.25, 0.3) is 5.91 Å². The summed E-state index contributed by atoms with van der Waals surface area (Å²) in [7, 11) is 0. The first-order valence-electron chi connectivity index (χ1n) is 9.58. The number of pyridine rings is 2. The Kier molecular flexibility index (Phi) is 5.42. The Labute approximate surface area is 164 Å². The summed E-state index contributed by atoms with van der Waals surface area (Å²) in [6, 6.07) is 16.1. The molecule has 2 aromatic heterocycles. The van der Waals surface area contributed by atoms with Crippen LogP contribution in [-0.2, 0) is 6.42 Å². The van der Waals surface area contributed by atoms with Crippen molar-refractivity contribution in [3.63, 3.8) is 0 Å². The average Bonchev–Trinajstić information content (AvgIpc) is 2.76. The number of halogens is 1. The van der Waals surface area contributed by atoms with E-state index in [2.05, 4.69) is 22.1 Å². The molecule has 28 heavy (non-hydrogen) atoms. The van der Waals surface area contributed by atoms with E-state index in [1.165, 1.54) is 12.1 Å². The Bertz CT molecular complexity index is 926. The number of carbonyl (C=O) groups is 1. The predicted octanol–water partition coefficient (Wildman–Crippen LogP) is 4.23. The van der Waals surface area contributed by atoms with E-state index in [1.54, 1.807) is 24.4 Å². The molecule has 1 aliphatic rings. The third-order valence-corrected chi connectivity index (χ3v) is 5.18. The van der Waals surface area contributed by atoms with Gasteiger partial charge in [-0.3, -0.25) is 14.8 Å². The van der Waals surface area contributed by atoms with Crippen molar-refractivity contribution in [1.29, 1.82) is 0 Å². The molecule has 3 heterocycles. The Hall–Kier alpha value is -3.08. The number of aromatic nitrogens is 2. The summed E-state index contributed by atoms with van der Waals surface area (Å²) < 4.78 is 13.0. The maximum Gasteiger partial charge on any atom is 0.272 e. The van der Waals surface area contributed by atoms with E-state index in [0.29, 0.717) is 12.2 Å². The molecule has 0 bridgehead atoms. The Morgan fingerprint density at radius 2 is 1.86 bits per heavy atom. The van der Waals surface area contributed by atoms with Crippen LogP contribution >= 0.6 is 0 Å². The molecule has 1 unspecified atom stereocenters. The topological polar surface area (TPSA) is 46.1 Å². The second kappa shape index (κ2) is 8.30. The molecule has 142 valence electrons. The van der Waals surface area contributed by atoms with Gasteiger partial charge in [-0.1, -0.05) is 24.3 Å². The van der Waals surface area contributed by atoms with Gasteiger partial charge in [0.2, 0.25) is 0 Å². The number of likely N-dealkylation sites (tertiary alicyclic amines) is 1. The summed E-state index contributed by atoms with van der Waals surface area (Å²) in [5.41, 5.74) is 3.65. The van der Waals surface area contributed by atoms with Crippen LogP contribution in [0.4, 0.5) is 4.39 Å². The fourth-order valence-corrected chi connectivity index (χ4v) is 3.67. The van der Waals surface area contributed by atoms with E-state index < -0.39 is 0 Å². The quantitative estimate of drug-likeness (QED) is 0.686. The lowest BCUT2D eigenvalue weighted by molar-refractivity contribution is 0.0700. The average molecular weight is 375 g/mol. The SMILES string of the molecule is O=C(c1ccccn1)N1CCCC(c2ccc(Cc3ccc(F)cc3)cn2)C1. The Balaban J connectivity index is 1.42. The zero-order chi connectivity index (χ0) is 19.3. The van der Waals surface area contributed by atoms with Crippen LogP contribution in [0.2, 0.25) is 0 Å². The molecule has 4 rings (SSSR count). The number of benzene rings is 1. The molecule has 1 aromatic carbocycles. The number of carbonyl (C=O) groups excluding carboxylic acids is 1. The summed E-state index contributed by atoms with van der Waals surface area (Å²) >= 11 is 0. The molecule has 1 fully saturated rings. The molecule has 0 aliphatic carbocycles. The minimum atomic E-state index is -0.223. The maximum absolute atomic E-state index is 13.0. The fraction of sp³-hybridized carbons (Fsp3) is 0.261. The Morgan fingerprint density at radius 3 is 2.57 bits per heavy atom. The largest absolute Gasteiger partial charge is 0.337 e.